The Bertz CT molecular complexity index is 703. The first-order valence-corrected chi connectivity index (χ1v) is 5.89. The van der Waals surface area contributed by atoms with Gasteiger partial charge in [0.05, 0.1) is 0 Å². The van der Waals surface area contributed by atoms with Gasteiger partial charge >= 0.3 is 0 Å². The minimum absolute atomic E-state index is 0.284. The normalized spacial score (nSPS) is 10.9. The summed E-state index contributed by atoms with van der Waals surface area (Å²) in [7, 11) is 0. The minimum Gasteiger partial charge on any atom is -0.508 e. The molecule has 2 aromatic carbocycles. The summed E-state index contributed by atoms with van der Waals surface area (Å²) in [5.41, 5.74) is 1.03. The molecule has 0 bridgehead atoms. The highest BCUT2D eigenvalue weighted by Crippen LogP contribution is 2.25. The van der Waals surface area contributed by atoms with Gasteiger partial charge in [0.2, 0.25) is 0 Å². The first-order valence-electron chi connectivity index (χ1n) is 5.89. The van der Waals surface area contributed by atoms with E-state index < -0.39 is 0 Å². The van der Waals surface area contributed by atoms with Crippen LogP contribution >= 0.6 is 0 Å². The zero-order valence-corrected chi connectivity index (χ0v) is 10.0. The van der Waals surface area contributed by atoms with Crippen LogP contribution in [0.3, 0.4) is 0 Å². The lowest BCUT2D eigenvalue weighted by Gasteiger charge is -2.05. The Labute approximate surface area is 105 Å². The van der Waals surface area contributed by atoms with Gasteiger partial charge in [-0.15, -0.1) is 0 Å². The topological polar surface area (TPSA) is 50.9 Å². The number of hydrogen-bond acceptors (Lipinski definition) is 3. The average molecular weight is 239 g/mol. The molecule has 0 radical (unpaired) electrons. The number of hydrogen-bond donors (Lipinski definition) is 1. The van der Waals surface area contributed by atoms with Gasteiger partial charge in [-0.3, -0.25) is 0 Å². The van der Waals surface area contributed by atoms with Gasteiger partial charge in [0.25, 0.3) is 0 Å². The Morgan fingerprint density at radius 2 is 1.89 bits per heavy atom. The fourth-order valence-electron chi connectivity index (χ4n) is 2.09. The van der Waals surface area contributed by atoms with Gasteiger partial charge in [0.1, 0.15) is 12.1 Å². The van der Waals surface area contributed by atoms with Crippen LogP contribution in [-0.2, 0) is 6.54 Å². The van der Waals surface area contributed by atoms with Crippen molar-refractivity contribution in [3.05, 3.63) is 42.7 Å². The Balaban J connectivity index is 2.16. The minimum atomic E-state index is 0.284. The number of aromatic nitrogens is 3. The van der Waals surface area contributed by atoms with Crippen molar-refractivity contribution < 1.29 is 5.11 Å². The van der Waals surface area contributed by atoms with Crippen LogP contribution in [0.5, 0.6) is 5.75 Å². The highest BCUT2D eigenvalue weighted by atomic mass is 16.3. The number of fused-ring (bicyclic) bond motifs is 1. The van der Waals surface area contributed by atoms with Crippen molar-refractivity contribution in [1.29, 1.82) is 0 Å². The van der Waals surface area contributed by atoms with E-state index in [1.807, 2.05) is 29.8 Å². The van der Waals surface area contributed by atoms with E-state index in [1.165, 1.54) is 0 Å². The zero-order valence-electron chi connectivity index (χ0n) is 10.0. The summed E-state index contributed by atoms with van der Waals surface area (Å²) >= 11 is 0. The maximum atomic E-state index is 9.44. The summed E-state index contributed by atoms with van der Waals surface area (Å²) < 4.78 is 1.86. The molecule has 0 unspecified atom stereocenters. The van der Waals surface area contributed by atoms with Crippen LogP contribution in [-0.4, -0.2) is 19.9 Å². The summed E-state index contributed by atoms with van der Waals surface area (Å²) in [5, 5.41) is 15.7. The predicted molar refractivity (Wildman–Crippen MR) is 70.3 cm³/mol. The number of rotatable bonds is 2. The van der Waals surface area contributed by atoms with E-state index in [4.69, 9.17) is 0 Å². The third-order valence-corrected chi connectivity index (χ3v) is 3.00. The monoisotopic (exact) mass is 239 g/mol. The van der Waals surface area contributed by atoms with E-state index in [1.54, 1.807) is 18.5 Å². The van der Waals surface area contributed by atoms with Gasteiger partial charge < -0.3 is 5.11 Å². The Hall–Kier alpha value is -2.36. The van der Waals surface area contributed by atoms with E-state index in [9.17, 15) is 5.11 Å². The molecule has 18 heavy (non-hydrogen) atoms. The molecule has 0 fully saturated rings. The lowest BCUT2D eigenvalue weighted by Crippen LogP contribution is -1.99. The Morgan fingerprint density at radius 1 is 1.11 bits per heavy atom. The van der Waals surface area contributed by atoms with Crippen molar-refractivity contribution in [3.8, 4) is 17.1 Å². The first kappa shape index (κ1) is 10.8. The lowest BCUT2D eigenvalue weighted by molar-refractivity contribution is 0.476. The van der Waals surface area contributed by atoms with Gasteiger partial charge in [-0.1, -0.05) is 18.2 Å². The second-order valence-electron chi connectivity index (χ2n) is 4.15. The van der Waals surface area contributed by atoms with E-state index >= 15 is 0 Å². The highest BCUT2D eigenvalue weighted by Gasteiger charge is 2.06. The van der Waals surface area contributed by atoms with Gasteiger partial charge in [0, 0.05) is 12.1 Å². The van der Waals surface area contributed by atoms with Crippen molar-refractivity contribution in [2.24, 2.45) is 0 Å². The number of nitrogens with zero attached hydrogens (tertiary/aromatic N) is 3. The van der Waals surface area contributed by atoms with Gasteiger partial charge in [-0.25, -0.2) is 9.67 Å². The molecule has 0 atom stereocenters. The maximum Gasteiger partial charge on any atom is 0.158 e. The Kier molecular flexibility index (Phi) is 2.48. The smallest absolute Gasteiger partial charge is 0.158 e. The van der Waals surface area contributed by atoms with Crippen LogP contribution in [0.15, 0.2) is 42.7 Å². The summed E-state index contributed by atoms with van der Waals surface area (Å²) in [6.07, 6.45) is 1.57. The summed E-state index contributed by atoms with van der Waals surface area (Å²) in [6, 6.07) is 11.4. The SMILES string of the molecule is CCn1ncnc1-c1ccc2cc(O)ccc2c1. The van der Waals surface area contributed by atoms with Crippen LogP contribution in [0, 0.1) is 0 Å². The number of phenolic OH excluding ortho intramolecular Hbond substituents is 1. The van der Waals surface area contributed by atoms with Crippen molar-refractivity contribution in [2.45, 2.75) is 13.5 Å². The molecule has 1 heterocycles. The van der Waals surface area contributed by atoms with Crippen molar-refractivity contribution in [3.63, 3.8) is 0 Å². The van der Waals surface area contributed by atoms with Crippen LogP contribution in [0.1, 0.15) is 6.92 Å². The van der Waals surface area contributed by atoms with Gasteiger partial charge in [-0.05, 0) is 35.9 Å². The second-order valence-corrected chi connectivity index (χ2v) is 4.15. The summed E-state index contributed by atoms with van der Waals surface area (Å²) in [4.78, 5) is 4.28. The van der Waals surface area contributed by atoms with Crippen LogP contribution in [0.2, 0.25) is 0 Å². The molecule has 0 saturated heterocycles. The van der Waals surface area contributed by atoms with Crippen LogP contribution in [0.25, 0.3) is 22.2 Å². The van der Waals surface area contributed by atoms with Gasteiger partial charge in [0.15, 0.2) is 5.82 Å². The molecule has 0 spiro atoms. The molecule has 0 saturated carbocycles. The average Bonchev–Trinajstić information content (AvgIpc) is 2.86. The number of aromatic hydroxyl groups is 1. The van der Waals surface area contributed by atoms with Crippen molar-refractivity contribution in [2.75, 3.05) is 0 Å². The second kappa shape index (κ2) is 4.14. The zero-order chi connectivity index (χ0) is 12.5. The lowest BCUT2D eigenvalue weighted by atomic mass is 10.1. The Morgan fingerprint density at radius 3 is 2.72 bits per heavy atom. The molecule has 0 aliphatic rings. The molecule has 4 nitrogen and oxygen atoms in total. The van der Waals surface area contributed by atoms with Crippen LogP contribution < -0.4 is 0 Å². The molecule has 3 aromatic rings. The molecule has 0 amide bonds. The quantitative estimate of drug-likeness (QED) is 0.748. The number of phenols is 1. The molecular formula is C14H13N3O. The third kappa shape index (κ3) is 1.72. The highest BCUT2D eigenvalue weighted by molar-refractivity contribution is 5.87. The van der Waals surface area contributed by atoms with E-state index in [2.05, 4.69) is 16.1 Å². The fraction of sp³-hybridized carbons (Fsp3) is 0.143. The molecule has 4 heteroatoms. The summed E-state index contributed by atoms with van der Waals surface area (Å²) in [5.74, 6) is 1.15. The van der Waals surface area contributed by atoms with Crippen molar-refractivity contribution >= 4 is 10.8 Å². The first-order chi connectivity index (χ1) is 8.78. The predicted octanol–water partition coefficient (Wildman–Crippen LogP) is 2.82. The maximum absolute atomic E-state index is 9.44. The molecule has 1 N–H and O–H groups in total. The molecule has 3 rings (SSSR count). The molecular weight excluding hydrogens is 226 g/mol. The molecule has 1 aromatic heterocycles. The largest absolute Gasteiger partial charge is 0.508 e. The number of benzene rings is 2. The summed E-state index contributed by atoms with van der Waals surface area (Å²) in [6.45, 7) is 2.83. The van der Waals surface area contributed by atoms with E-state index in [0.29, 0.717) is 0 Å². The van der Waals surface area contributed by atoms with Crippen molar-refractivity contribution in [1.82, 2.24) is 14.8 Å². The van der Waals surface area contributed by atoms with E-state index in [-0.39, 0.29) is 5.75 Å². The number of aryl methyl sites for hydroxylation is 1. The fourth-order valence-corrected chi connectivity index (χ4v) is 2.09. The molecule has 90 valence electrons. The third-order valence-electron chi connectivity index (χ3n) is 3.00. The van der Waals surface area contributed by atoms with Crippen LogP contribution in [0.4, 0.5) is 0 Å². The molecule has 0 aliphatic heterocycles. The van der Waals surface area contributed by atoms with Gasteiger partial charge in [-0.2, -0.15) is 5.10 Å². The van der Waals surface area contributed by atoms with E-state index in [0.717, 1.165) is 28.7 Å². The standard InChI is InChI=1S/C14H13N3O/c1-2-17-14(15-9-16-17)12-4-3-11-8-13(18)6-5-10(11)7-12/h3-9,18H,2H2,1H3. The molecule has 0 aliphatic carbocycles.